The van der Waals surface area contributed by atoms with E-state index in [4.69, 9.17) is 16.3 Å². The normalized spacial score (nSPS) is 11.8. The predicted octanol–water partition coefficient (Wildman–Crippen LogP) is 4.92. The lowest BCUT2D eigenvalue weighted by molar-refractivity contribution is -0.123. The van der Waals surface area contributed by atoms with Gasteiger partial charge in [0.1, 0.15) is 5.75 Å². The molecule has 0 aliphatic carbocycles. The van der Waals surface area contributed by atoms with Gasteiger partial charge >= 0.3 is 0 Å². The maximum atomic E-state index is 12.0. The monoisotopic (exact) mass is 395 g/mol. The number of amides is 1. The van der Waals surface area contributed by atoms with Crippen LogP contribution < -0.4 is 10.1 Å². The van der Waals surface area contributed by atoms with E-state index in [1.54, 1.807) is 18.2 Å². The number of carbonyl (C=O) groups excluding carboxylic acids is 1. The molecular formula is C18H19BrClNO2. The van der Waals surface area contributed by atoms with Gasteiger partial charge in [0.2, 0.25) is 0 Å². The molecule has 0 fully saturated rings. The molecule has 0 aromatic heterocycles. The lowest BCUT2D eigenvalue weighted by atomic mass is 10.1. The number of aryl methyl sites for hydroxylation is 1. The SMILES string of the molecule is CCc1ccc([C@H](C)NC(=O)COc2ccc(Cl)cc2Br)cc1. The van der Waals surface area contributed by atoms with Gasteiger partial charge in [-0.1, -0.05) is 42.8 Å². The van der Waals surface area contributed by atoms with Gasteiger partial charge in [0.15, 0.2) is 6.61 Å². The fraction of sp³-hybridized carbons (Fsp3) is 0.278. The number of ether oxygens (including phenoxy) is 1. The Morgan fingerprint density at radius 2 is 1.96 bits per heavy atom. The van der Waals surface area contributed by atoms with Gasteiger partial charge < -0.3 is 10.1 Å². The third kappa shape index (κ3) is 5.26. The average molecular weight is 397 g/mol. The van der Waals surface area contributed by atoms with Crippen LogP contribution in [0.25, 0.3) is 0 Å². The highest BCUT2D eigenvalue weighted by molar-refractivity contribution is 9.10. The summed E-state index contributed by atoms with van der Waals surface area (Å²) >= 11 is 9.23. The zero-order valence-corrected chi connectivity index (χ0v) is 15.4. The largest absolute Gasteiger partial charge is 0.483 e. The standard InChI is InChI=1S/C18H19BrClNO2/c1-3-13-4-6-14(7-5-13)12(2)21-18(22)11-23-17-9-8-15(20)10-16(17)19/h4-10,12H,3,11H2,1-2H3,(H,21,22)/t12-/m0/s1. The highest BCUT2D eigenvalue weighted by Gasteiger charge is 2.11. The first kappa shape index (κ1) is 17.8. The number of halogens is 2. The molecule has 1 atom stereocenters. The number of hydrogen-bond donors (Lipinski definition) is 1. The summed E-state index contributed by atoms with van der Waals surface area (Å²) in [7, 11) is 0. The summed E-state index contributed by atoms with van der Waals surface area (Å²) in [6.45, 7) is 4.03. The first-order valence-corrected chi connectivity index (χ1v) is 8.62. The Balaban J connectivity index is 1.88. The molecule has 5 heteroatoms. The van der Waals surface area contributed by atoms with Crippen LogP contribution in [0, 0.1) is 0 Å². The van der Waals surface area contributed by atoms with E-state index in [0.29, 0.717) is 10.8 Å². The van der Waals surface area contributed by atoms with Crippen LogP contribution in [0.4, 0.5) is 0 Å². The highest BCUT2D eigenvalue weighted by Crippen LogP contribution is 2.27. The first-order chi connectivity index (χ1) is 11.0. The third-order valence-electron chi connectivity index (χ3n) is 3.52. The van der Waals surface area contributed by atoms with Crippen molar-refractivity contribution in [2.75, 3.05) is 6.61 Å². The molecule has 0 aliphatic rings. The van der Waals surface area contributed by atoms with E-state index in [-0.39, 0.29) is 18.6 Å². The predicted molar refractivity (Wildman–Crippen MR) is 97.0 cm³/mol. The molecule has 3 nitrogen and oxygen atoms in total. The Labute approximate surface area is 150 Å². The molecule has 0 heterocycles. The maximum Gasteiger partial charge on any atom is 0.258 e. The molecule has 23 heavy (non-hydrogen) atoms. The zero-order valence-electron chi connectivity index (χ0n) is 13.1. The fourth-order valence-electron chi connectivity index (χ4n) is 2.14. The van der Waals surface area contributed by atoms with Crippen molar-refractivity contribution in [2.45, 2.75) is 26.3 Å². The van der Waals surface area contributed by atoms with Crippen LogP contribution in [0.15, 0.2) is 46.9 Å². The Kier molecular flexibility index (Phi) is 6.48. The summed E-state index contributed by atoms with van der Waals surface area (Å²) in [4.78, 5) is 12.0. The minimum Gasteiger partial charge on any atom is -0.483 e. The summed E-state index contributed by atoms with van der Waals surface area (Å²) < 4.78 is 6.23. The summed E-state index contributed by atoms with van der Waals surface area (Å²) in [6, 6.07) is 13.4. The average Bonchev–Trinajstić information content (AvgIpc) is 2.54. The second-order valence-corrected chi connectivity index (χ2v) is 6.54. The molecule has 2 aromatic carbocycles. The second-order valence-electron chi connectivity index (χ2n) is 5.25. The Bertz CT molecular complexity index is 673. The second kappa shape index (κ2) is 8.37. The number of hydrogen-bond acceptors (Lipinski definition) is 2. The van der Waals surface area contributed by atoms with Crippen molar-refractivity contribution in [3.63, 3.8) is 0 Å². The summed E-state index contributed by atoms with van der Waals surface area (Å²) in [5.74, 6) is 0.420. The summed E-state index contributed by atoms with van der Waals surface area (Å²) in [5, 5.41) is 3.54. The number of nitrogens with one attached hydrogen (secondary N) is 1. The minimum absolute atomic E-state index is 0.0440. The van der Waals surface area contributed by atoms with Gasteiger partial charge in [-0.25, -0.2) is 0 Å². The van der Waals surface area contributed by atoms with Crippen LogP contribution in [0.2, 0.25) is 5.02 Å². The quantitative estimate of drug-likeness (QED) is 0.752. The first-order valence-electron chi connectivity index (χ1n) is 7.45. The van der Waals surface area contributed by atoms with Crippen LogP contribution in [0.1, 0.15) is 31.0 Å². The van der Waals surface area contributed by atoms with E-state index in [9.17, 15) is 4.79 Å². The molecule has 2 rings (SSSR count). The molecule has 0 aliphatic heterocycles. The lowest BCUT2D eigenvalue weighted by Gasteiger charge is -2.15. The van der Waals surface area contributed by atoms with Crippen LogP contribution in [0.3, 0.4) is 0 Å². The fourth-order valence-corrected chi connectivity index (χ4v) is 2.94. The van der Waals surface area contributed by atoms with Gasteiger partial charge in [-0.05, 0) is 58.6 Å². The van der Waals surface area contributed by atoms with Crippen LogP contribution >= 0.6 is 27.5 Å². The number of rotatable bonds is 6. The van der Waals surface area contributed by atoms with E-state index in [2.05, 4.69) is 40.3 Å². The summed E-state index contributed by atoms with van der Waals surface area (Å²) in [5.41, 5.74) is 2.35. The van der Waals surface area contributed by atoms with E-state index < -0.39 is 0 Å². The molecule has 0 spiro atoms. The van der Waals surface area contributed by atoms with Crippen molar-refractivity contribution in [1.82, 2.24) is 5.32 Å². The van der Waals surface area contributed by atoms with E-state index in [1.807, 2.05) is 19.1 Å². The van der Waals surface area contributed by atoms with Gasteiger partial charge in [-0.3, -0.25) is 4.79 Å². The van der Waals surface area contributed by atoms with E-state index >= 15 is 0 Å². The zero-order chi connectivity index (χ0) is 16.8. The van der Waals surface area contributed by atoms with Crippen molar-refractivity contribution in [3.05, 3.63) is 63.1 Å². The van der Waals surface area contributed by atoms with Gasteiger partial charge in [0, 0.05) is 5.02 Å². The molecular weight excluding hydrogens is 378 g/mol. The molecule has 0 bridgehead atoms. The Morgan fingerprint density at radius 3 is 2.57 bits per heavy atom. The van der Waals surface area contributed by atoms with Gasteiger partial charge in [-0.2, -0.15) is 0 Å². The van der Waals surface area contributed by atoms with Crippen molar-refractivity contribution < 1.29 is 9.53 Å². The van der Waals surface area contributed by atoms with Crippen molar-refractivity contribution in [3.8, 4) is 5.75 Å². The Morgan fingerprint density at radius 1 is 1.26 bits per heavy atom. The molecule has 0 unspecified atom stereocenters. The van der Waals surface area contributed by atoms with Gasteiger partial charge in [-0.15, -0.1) is 0 Å². The number of benzene rings is 2. The van der Waals surface area contributed by atoms with Gasteiger partial charge in [0.25, 0.3) is 5.91 Å². The molecule has 122 valence electrons. The van der Waals surface area contributed by atoms with Crippen molar-refractivity contribution in [1.29, 1.82) is 0 Å². The molecule has 0 saturated heterocycles. The molecule has 0 radical (unpaired) electrons. The molecule has 1 N–H and O–H groups in total. The van der Waals surface area contributed by atoms with E-state index in [1.165, 1.54) is 5.56 Å². The molecule has 0 saturated carbocycles. The maximum absolute atomic E-state index is 12.0. The lowest BCUT2D eigenvalue weighted by Crippen LogP contribution is -2.31. The van der Waals surface area contributed by atoms with Crippen molar-refractivity contribution in [2.24, 2.45) is 0 Å². The third-order valence-corrected chi connectivity index (χ3v) is 4.37. The minimum atomic E-state index is -0.168. The summed E-state index contributed by atoms with van der Waals surface area (Å²) in [6.07, 6.45) is 1.00. The smallest absolute Gasteiger partial charge is 0.258 e. The van der Waals surface area contributed by atoms with Crippen LogP contribution in [-0.2, 0) is 11.2 Å². The Hall–Kier alpha value is -1.52. The van der Waals surface area contributed by atoms with E-state index in [0.717, 1.165) is 16.5 Å². The molecule has 1 amide bonds. The van der Waals surface area contributed by atoms with Crippen molar-refractivity contribution >= 4 is 33.4 Å². The van der Waals surface area contributed by atoms with Gasteiger partial charge in [0.05, 0.1) is 10.5 Å². The van der Waals surface area contributed by atoms with Crippen LogP contribution in [-0.4, -0.2) is 12.5 Å². The number of carbonyl (C=O) groups is 1. The highest BCUT2D eigenvalue weighted by atomic mass is 79.9. The topological polar surface area (TPSA) is 38.3 Å². The molecule has 2 aromatic rings. The van der Waals surface area contributed by atoms with Crippen LogP contribution in [0.5, 0.6) is 5.75 Å².